The van der Waals surface area contributed by atoms with Gasteiger partial charge in [-0.1, -0.05) is 60.7 Å². The molecule has 1 fully saturated rings. The van der Waals surface area contributed by atoms with Gasteiger partial charge in [0.2, 0.25) is 6.23 Å². The fraction of sp³-hybridized carbons (Fsp3) is 0.273. The van der Waals surface area contributed by atoms with E-state index < -0.39 is 12.2 Å². The quantitative estimate of drug-likeness (QED) is 0.657. The number of aliphatic hydroxyl groups excluding tert-OH is 1. The van der Waals surface area contributed by atoms with Crippen molar-refractivity contribution in [1.82, 2.24) is 10.2 Å². The van der Waals surface area contributed by atoms with Crippen LogP contribution in [-0.2, 0) is 14.3 Å². The van der Waals surface area contributed by atoms with Crippen molar-refractivity contribution in [3.63, 3.8) is 0 Å². The summed E-state index contributed by atoms with van der Waals surface area (Å²) in [5.74, 6) is -0.399. The highest BCUT2D eigenvalue weighted by Gasteiger charge is 2.44. The minimum absolute atomic E-state index is 0.116. The van der Waals surface area contributed by atoms with Crippen molar-refractivity contribution >= 4 is 18.0 Å². The second kappa shape index (κ2) is 9.86. The minimum atomic E-state index is -1.39. The van der Waals surface area contributed by atoms with Gasteiger partial charge in [-0.15, -0.1) is 0 Å². The lowest BCUT2D eigenvalue weighted by Gasteiger charge is -2.48. The van der Waals surface area contributed by atoms with Crippen LogP contribution in [0.2, 0.25) is 0 Å². The van der Waals surface area contributed by atoms with E-state index >= 15 is 0 Å². The van der Waals surface area contributed by atoms with Crippen molar-refractivity contribution in [3.05, 3.63) is 72.3 Å². The molecular formula is C22H24N2O5. The Morgan fingerprint density at radius 1 is 1.17 bits per heavy atom. The summed E-state index contributed by atoms with van der Waals surface area (Å²) in [5.41, 5.74) is 0.976. The van der Waals surface area contributed by atoms with Gasteiger partial charge < -0.3 is 19.9 Å². The number of aliphatic hydroxyl groups is 1. The van der Waals surface area contributed by atoms with Crippen LogP contribution < -0.4 is 10.1 Å². The van der Waals surface area contributed by atoms with Crippen LogP contribution in [-0.4, -0.2) is 60.5 Å². The van der Waals surface area contributed by atoms with Crippen molar-refractivity contribution in [3.8, 4) is 5.75 Å². The van der Waals surface area contributed by atoms with Crippen LogP contribution >= 0.6 is 0 Å². The fourth-order valence-corrected chi connectivity index (χ4v) is 3.12. The molecule has 0 spiro atoms. The summed E-state index contributed by atoms with van der Waals surface area (Å²) >= 11 is 0. The molecule has 2 N–H and O–H groups in total. The zero-order chi connectivity index (χ0) is 20.6. The Balaban J connectivity index is 1.62. The lowest BCUT2D eigenvalue weighted by molar-refractivity contribution is -0.171. The monoisotopic (exact) mass is 396 g/mol. The maximum Gasteiger partial charge on any atom is 0.350 e. The summed E-state index contributed by atoms with van der Waals surface area (Å²) in [6, 6.07) is 18.1. The van der Waals surface area contributed by atoms with Crippen molar-refractivity contribution in [2.45, 2.75) is 18.3 Å². The summed E-state index contributed by atoms with van der Waals surface area (Å²) in [6.07, 6.45) is 2.35. The number of hydrogen-bond donors (Lipinski definition) is 2. The van der Waals surface area contributed by atoms with Crippen LogP contribution in [0.4, 0.5) is 0 Å². The maximum atomic E-state index is 12.3. The molecule has 3 unspecified atom stereocenters. The van der Waals surface area contributed by atoms with Gasteiger partial charge in [-0.2, -0.15) is 0 Å². The van der Waals surface area contributed by atoms with Gasteiger partial charge in [0, 0.05) is 6.54 Å². The maximum absolute atomic E-state index is 12.3. The second-order valence-electron chi connectivity index (χ2n) is 6.63. The molecule has 1 aliphatic rings. The van der Waals surface area contributed by atoms with E-state index in [-0.39, 0.29) is 24.6 Å². The molecule has 152 valence electrons. The number of esters is 1. The van der Waals surface area contributed by atoms with Crippen LogP contribution in [0.25, 0.3) is 6.08 Å². The van der Waals surface area contributed by atoms with Gasteiger partial charge in [0.05, 0.1) is 19.2 Å². The van der Waals surface area contributed by atoms with Crippen LogP contribution in [0.3, 0.4) is 0 Å². The SMILES string of the molecule is COC(=O)C(O)N1CC(NC(=O)COc2ccccc2)C1C=Cc1ccccc1. The lowest BCUT2D eigenvalue weighted by Crippen LogP contribution is -2.70. The number of para-hydroxylation sites is 1. The molecule has 1 aliphatic heterocycles. The standard InChI is InChI=1S/C22H24N2O5/c1-28-22(27)21(26)24-14-18(19(24)13-12-16-8-4-2-5-9-16)23-20(25)15-29-17-10-6-3-7-11-17/h2-13,18-19,21,26H,14-15H2,1H3,(H,23,25). The normalized spacial score (nSPS) is 19.9. The molecule has 2 aromatic carbocycles. The van der Waals surface area contributed by atoms with Gasteiger partial charge in [-0.25, -0.2) is 4.79 Å². The van der Waals surface area contributed by atoms with E-state index in [0.717, 1.165) is 5.56 Å². The number of nitrogens with zero attached hydrogens (tertiary/aromatic N) is 1. The predicted octanol–water partition coefficient (Wildman–Crippen LogP) is 1.44. The Morgan fingerprint density at radius 3 is 2.48 bits per heavy atom. The van der Waals surface area contributed by atoms with Crippen molar-refractivity contribution < 1.29 is 24.2 Å². The van der Waals surface area contributed by atoms with Gasteiger partial charge in [0.25, 0.3) is 5.91 Å². The van der Waals surface area contributed by atoms with Gasteiger partial charge in [0.15, 0.2) is 6.61 Å². The first-order chi connectivity index (χ1) is 14.1. The Bertz CT molecular complexity index is 841. The number of likely N-dealkylation sites (tertiary alicyclic amines) is 1. The Morgan fingerprint density at radius 2 is 1.83 bits per heavy atom. The molecule has 0 saturated carbocycles. The Hall–Kier alpha value is -3.16. The molecule has 2 aromatic rings. The number of nitrogens with one attached hydrogen (secondary N) is 1. The molecule has 3 atom stereocenters. The molecule has 29 heavy (non-hydrogen) atoms. The number of carbonyl (C=O) groups excluding carboxylic acids is 2. The van der Waals surface area contributed by atoms with E-state index in [1.807, 2.05) is 60.7 Å². The highest BCUT2D eigenvalue weighted by atomic mass is 16.5. The van der Waals surface area contributed by atoms with Gasteiger partial charge in [-0.3, -0.25) is 9.69 Å². The summed E-state index contributed by atoms with van der Waals surface area (Å²) in [6.45, 7) is 0.201. The van der Waals surface area contributed by atoms with Gasteiger partial charge in [0.1, 0.15) is 5.75 Å². The molecule has 7 heteroatoms. The van der Waals surface area contributed by atoms with E-state index in [9.17, 15) is 14.7 Å². The summed E-state index contributed by atoms with van der Waals surface area (Å²) in [7, 11) is 1.22. The first-order valence-electron chi connectivity index (χ1n) is 9.30. The van der Waals surface area contributed by atoms with E-state index in [2.05, 4.69) is 10.1 Å². The Labute approximate surface area is 169 Å². The number of rotatable bonds is 8. The van der Waals surface area contributed by atoms with Gasteiger partial charge >= 0.3 is 5.97 Å². The second-order valence-corrected chi connectivity index (χ2v) is 6.63. The lowest BCUT2D eigenvalue weighted by atomic mass is 9.94. The van der Waals surface area contributed by atoms with E-state index in [4.69, 9.17) is 4.74 Å². The third-order valence-electron chi connectivity index (χ3n) is 4.67. The molecule has 1 heterocycles. The van der Waals surface area contributed by atoms with Crippen LogP contribution in [0.5, 0.6) is 5.75 Å². The highest BCUT2D eigenvalue weighted by molar-refractivity contribution is 5.78. The van der Waals surface area contributed by atoms with E-state index in [1.165, 1.54) is 7.11 Å². The first kappa shape index (κ1) is 20.6. The Kier molecular flexibility index (Phi) is 6.99. The van der Waals surface area contributed by atoms with E-state index in [0.29, 0.717) is 12.3 Å². The highest BCUT2D eigenvalue weighted by Crippen LogP contribution is 2.23. The number of ether oxygens (including phenoxy) is 2. The number of carbonyl (C=O) groups is 2. The number of amides is 1. The number of benzene rings is 2. The zero-order valence-electron chi connectivity index (χ0n) is 16.1. The molecule has 3 rings (SSSR count). The largest absolute Gasteiger partial charge is 0.484 e. The molecule has 0 radical (unpaired) electrons. The zero-order valence-corrected chi connectivity index (χ0v) is 16.1. The third-order valence-corrected chi connectivity index (χ3v) is 4.67. The summed E-state index contributed by atoms with van der Waals surface area (Å²) < 4.78 is 10.1. The molecule has 7 nitrogen and oxygen atoms in total. The smallest absolute Gasteiger partial charge is 0.350 e. The molecule has 1 amide bonds. The molecule has 0 aromatic heterocycles. The third kappa shape index (κ3) is 5.43. The van der Waals surface area contributed by atoms with Crippen LogP contribution in [0.15, 0.2) is 66.7 Å². The van der Waals surface area contributed by atoms with Crippen LogP contribution in [0, 0.1) is 0 Å². The average molecular weight is 396 g/mol. The topological polar surface area (TPSA) is 88.1 Å². The number of methoxy groups -OCH3 is 1. The van der Waals surface area contributed by atoms with Crippen molar-refractivity contribution in [2.75, 3.05) is 20.3 Å². The van der Waals surface area contributed by atoms with Crippen molar-refractivity contribution in [1.29, 1.82) is 0 Å². The summed E-state index contributed by atoms with van der Waals surface area (Å²) in [5, 5.41) is 13.1. The predicted molar refractivity (Wildman–Crippen MR) is 108 cm³/mol. The summed E-state index contributed by atoms with van der Waals surface area (Å²) in [4.78, 5) is 25.5. The van der Waals surface area contributed by atoms with E-state index in [1.54, 1.807) is 17.0 Å². The molecule has 1 saturated heterocycles. The minimum Gasteiger partial charge on any atom is -0.484 e. The molecule has 0 bridgehead atoms. The van der Waals surface area contributed by atoms with Crippen molar-refractivity contribution in [2.24, 2.45) is 0 Å². The molecule has 0 aliphatic carbocycles. The van der Waals surface area contributed by atoms with Gasteiger partial charge in [-0.05, 0) is 17.7 Å². The fourth-order valence-electron chi connectivity index (χ4n) is 3.12. The number of hydrogen-bond acceptors (Lipinski definition) is 6. The first-order valence-corrected chi connectivity index (χ1v) is 9.30. The average Bonchev–Trinajstić information content (AvgIpc) is 2.75. The molecular weight excluding hydrogens is 372 g/mol. The van der Waals surface area contributed by atoms with Crippen LogP contribution in [0.1, 0.15) is 5.56 Å².